The minimum atomic E-state index is 0.628. The Kier molecular flexibility index (Phi) is 4.76. The van der Waals surface area contributed by atoms with Crippen LogP contribution in [-0.4, -0.2) is 40.5 Å². The highest BCUT2D eigenvalue weighted by molar-refractivity contribution is 7.99. The zero-order valence-electron chi connectivity index (χ0n) is 13.0. The molecule has 0 aliphatic carbocycles. The number of imidazole rings is 1. The molecule has 0 amide bonds. The standard InChI is InChI=1S/C15H24N4S2/c1-11(2)8-16-9-13-14(17-15-19(13)5-7-21-15)18(3)12-4-6-20-10-12/h5,7,11-12,16H,4,6,8-10H2,1-3H3. The van der Waals surface area contributed by atoms with Gasteiger partial charge in [-0.3, -0.25) is 4.40 Å². The second-order valence-electron chi connectivity index (χ2n) is 6.09. The highest BCUT2D eigenvalue weighted by atomic mass is 32.2. The number of hydrogen-bond acceptors (Lipinski definition) is 5. The van der Waals surface area contributed by atoms with Crippen molar-refractivity contribution in [3.05, 3.63) is 17.3 Å². The van der Waals surface area contributed by atoms with Crippen LogP contribution >= 0.6 is 23.1 Å². The fourth-order valence-corrected chi connectivity index (χ4v) is 4.74. The molecular weight excluding hydrogens is 300 g/mol. The van der Waals surface area contributed by atoms with Crippen LogP contribution in [-0.2, 0) is 6.54 Å². The van der Waals surface area contributed by atoms with Gasteiger partial charge in [-0.25, -0.2) is 4.98 Å². The van der Waals surface area contributed by atoms with Crippen molar-refractivity contribution in [2.24, 2.45) is 5.92 Å². The van der Waals surface area contributed by atoms with Crippen LogP contribution in [0, 0.1) is 5.92 Å². The molecule has 2 aromatic heterocycles. The van der Waals surface area contributed by atoms with Crippen LogP contribution in [0.5, 0.6) is 0 Å². The average molecular weight is 325 g/mol. The Hall–Kier alpha value is -0.720. The normalized spacial score (nSPS) is 19.0. The molecule has 0 bridgehead atoms. The fraction of sp³-hybridized carbons (Fsp3) is 0.667. The van der Waals surface area contributed by atoms with Gasteiger partial charge in [-0.15, -0.1) is 11.3 Å². The van der Waals surface area contributed by atoms with E-state index >= 15 is 0 Å². The lowest BCUT2D eigenvalue weighted by Gasteiger charge is -2.25. The van der Waals surface area contributed by atoms with Crippen LogP contribution in [0.3, 0.4) is 0 Å². The van der Waals surface area contributed by atoms with Gasteiger partial charge in [-0.1, -0.05) is 13.8 Å². The van der Waals surface area contributed by atoms with E-state index in [1.807, 2.05) is 0 Å². The van der Waals surface area contributed by atoms with Crippen LogP contribution in [0.2, 0.25) is 0 Å². The van der Waals surface area contributed by atoms with Gasteiger partial charge in [0.1, 0.15) is 0 Å². The molecule has 6 heteroatoms. The molecule has 0 radical (unpaired) electrons. The van der Waals surface area contributed by atoms with Crippen molar-refractivity contribution in [3.8, 4) is 0 Å². The Balaban J connectivity index is 1.84. The van der Waals surface area contributed by atoms with Crippen molar-refractivity contribution in [1.82, 2.24) is 14.7 Å². The zero-order chi connectivity index (χ0) is 14.8. The van der Waals surface area contributed by atoms with E-state index in [1.165, 1.54) is 23.6 Å². The minimum Gasteiger partial charge on any atom is -0.354 e. The van der Waals surface area contributed by atoms with E-state index < -0.39 is 0 Å². The molecule has 1 atom stereocenters. The molecule has 1 aliphatic rings. The number of thiazole rings is 1. The number of hydrogen-bond donors (Lipinski definition) is 1. The molecule has 3 rings (SSSR count). The second kappa shape index (κ2) is 6.58. The Morgan fingerprint density at radius 1 is 1.52 bits per heavy atom. The van der Waals surface area contributed by atoms with Gasteiger partial charge in [0.25, 0.3) is 0 Å². The van der Waals surface area contributed by atoms with E-state index in [-0.39, 0.29) is 0 Å². The maximum absolute atomic E-state index is 4.87. The molecular formula is C15H24N4S2. The summed E-state index contributed by atoms with van der Waals surface area (Å²) in [5, 5.41) is 5.68. The quantitative estimate of drug-likeness (QED) is 0.885. The fourth-order valence-electron chi connectivity index (χ4n) is 2.75. The van der Waals surface area contributed by atoms with Gasteiger partial charge in [0.15, 0.2) is 10.8 Å². The number of anilines is 1. The van der Waals surface area contributed by atoms with Crippen molar-refractivity contribution in [1.29, 1.82) is 0 Å². The van der Waals surface area contributed by atoms with E-state index in [2.05, 4.69) is 58.9 Å². The number of thioether (sulfide) groups is 1. The second-order valence-corrected chi connectivity index (χ2v) is 8.11. The molecule has 0 aromatic carbocycles. The molecule has 3 heterocycles. The first-order valence-corrected chi connectivity index (χ1v) is 9.66. The van der Waals surface area contributed by atoms with E-state index in [4.69, 9.17) is 4.98 Å². The zero-order valence-corrected chi connectivity index (χ0v) is 14.6. The molecule has 0 saturated carbocycles. The Labute approximate surface area is 134 Å². The summed E-state index contributed by atoms with van der Waals surface area (Å²) in [5.74, 6) is 4.33. The van der Waals surface area contributed by atoms with Gasteiger partial charge >= 0.3 is 0 Å². The molecule has 0 spiro atoms. The number of nitrogens with zero attached hydrogens (tertiary/aromatic N) is 3. The highest BCUT2D eigenvalue weighted by Crippen LogP contribution is 2.29. The third-order valence-electron chi connectivity index (χ3n) is 3.97. The lowest BCUT2D eigenvalue weighted by molar-refractivity contribution is 0.546. The third kappa shape index (κ3) is 3.22. The molecule has 116 valence electrons. The van der Waals surface area contributed by atoms with Gasteiger partial charge in [-0.2, -0.15) is 11.8 Å². The van der Waals surface area contributed by atoms with Gasteiger partial charge in [0.05, 0.1) is 5.69 Å². The third-order valence-corrected chi connectivity index (χ3v) is 5.87. The lowest BCUT2D eigenvalue weighted by atomic mass is 10.2. The first-order valence-electron chi connectivity index (χ1n) is 7.62. The molecule has 1 saturated heterocycles. The molecule has 2 aromatic rings. The van der Waals surface area contributed by atoms with E-state index in [0.29, 0.717) is 12.0 Å². The monoisotopic (exact) mass is 324 g/mol. The minimum absolute atomic E-state index is 0.628. The van der Waals surface area contributed by atoms with Crippen LogP contribution in [0.25, 0.3) is 4.96 Å². The van der Waals surface area contributed by atoms with Crippen LogP contribution in [0.1, 0.15) is 26.0 Å². The SMILES string of the molecule is CC(C)CNCc1c(N(C)C2CCSC2)nc2sccn12. The Morgan fingerprint density at radius 2 is 2.38 bits per heavy atom. The van der Waals surface area contributed by atoms with Gasteiger partial charge < -0.3 is 10.2 Å². The molecule has 4 nitrogen and oxygen atoms in total. The summed E-state index contributed by atoms with van der Waals surface area (Å²) in [7, 11) is 2.20. The van der Waals surface area contributed by atoms with Crippen LogP contribution in [0.4, 0.5) is 5.82 Å². The predicted octanol–water partition coefficient (Wildman–Crippen LogP) is 3.08. The number of rotatable bonds is 6. The highest BCUT2D eigenvalue weighted by Gasteiger charge is 2.25. The number of nitrogens with one attached hydrogen (secondary N) is 1. The van der Waals surface area contributed by atoms with Crippen molar-refractivity contribution in [2.45, 2.75) is 32.9 Å². The maximum Gasteiger partial charge on any atom is 0.195 e. The summed E-state index contributed by atoms with van der Waals surface area (Å²) < 4.78 is 2.24. The molecule has 21 heavy (non-hydrogen) atoms. The van der Waals surface area contributed by atoms with E-state index in [1.54, 1.807) is 11.3 Å². The van der Waals surface area contributed by atoms with E-state index in [9.17, 15) is 0 Å². The summed E-state index contributed by atoms with van der Waals surface area (Å²) in [5.41, 5.74) is 1.30. The van der Waals surface area contributed by atoms with Crippen molar-refractivity contribution < 1.29 is 0 Å². The van der Waals surface area contributed by atoms with Crippen LogP contribution < -0.4 is 10.2 Å². The first kappa shape index (κ1) is 15.2. The average Bonchev–Trinajstić information content (AvgIpc) is 3.15. The molecule has 1 unspecified atom stereocenters. The topological polar surface area (TPSA) is 32.6 Å². The number of fused-ring (bicyclic) bond motifs is 1. The maximum atomic E-state index is 4.87. The summed E-state index contributed by atoms with van der Waals surface area (Å²) in [6, 6.07) is 0.628. The van der Waals surface area contributed by atoms with Crippen molar-refractivity contribution in [2.75, 3.05) is 30.0 Å². The first-order chi connectivity index (χ1) is 10.2. The predicted molar refractivity (Wildman–Crippen MR) is 93.7 cm³/mol. The smallest absolute Gasteiger partial charge is 0.195 e. The Morgan fingerprint density at radius 3 is 3.10 bits per heavy atom. The van der Waals surface area contributed by atoms with Crippen molar-refractivity contribution >= 4 is 33.9 Å². The molecule has 1 aliphatic heterocycles. The lowest BCUT2D eigenvalue weighted by Crippen LogP contribution is -2.33. The largest absolute Gasteiger partial charge is 0.354 e. The van der Waals surface area contributed by atoms with E-state index in [0.717, 1.165) is 23.9 Å². The van der Waals surface area contributed by atoms with Gasteiger partial charge in [0, 0.05) is 37.0 Å². The summed E-state index contributed by atoms with van der Waals surface area (Å²) in [4.78, 5) is 8.37. The summed E-state index contributed by atoms with van der Waals surface area (Å²) in [6.07, 6.45) is 3.41. The van der Waals surface area contributed by atoms with Gasteiger partial charge in [0.2, 0.25) is 0 Å². The van der Waals surface area contributed by atoms with Crippen molar-refractivity contribution in [3.63, 3.8) is 0 Å². The Bertz CT molecular complexity index is 584. The van der Waals surface area contributed by atoms with Gasteiger partial charge in [-0.05, 0) is 24.6 Å². The molecule has 1 N–H and O–H groups in total. The van der Waals surface area contributed by atoms with Crippen LogP contribution in [0.15, 0.2) is 11.6 Å². The molecule has 1 fully saturated rings. The summed E-state index contributed by atoms with van der Waals surface area (Å²) in [6.45, 7) is 6.41. The number of aromatic nitrogens is 2. The summed E-state index contributed by atoms with van der Waals surface area (Å²) >= 11 is 3.77.